The normalized spacial score (nSPS) is 20.6. The van der Waals surface area contributed by atoms with Gasteiger partial charge in [0.1, 0.15) is 11.3 Å². The van der Waals surface area contributed by atoms with E-state index in [1.165, 1.54) is 0 Å². The van der Waals surface area contributed by atoms with Gasteiger partial charge in [-0.15, -0.1) is 0 Å². The van der Waals surface area contributed by atoms with Crippen LogP contribution in [-0.4, -0.2) is 37.6 Å². The molecule has 1 unspecified atom stereocenters. The van der Waals surface area contributed by atoms with Gasteiger partial charge in [-0.1, -0.05) is 12.1 Å². The molecule has 1 aromatic carbocycles. The lowest BCUT2D eigenvalue weighted by atomic mass is 9.91. The summed E-state index contributed by atoms with van der Waals surface area (Å²) in [5.74, 6) is 0.766. The number of nitrogens with zero attached hydrogens (tertiary/aromatic N) is 1. The van der Waals surface area contributed by atoms with Gasteiger partial charge in [0.25, 0.3) is 0 Å². The molecule has 0 bridgehead atoms. The third kappa shape index (κ3) is 2.27. The maximum Gasteiger partial charge on any atom is 0.247 e. The fourth-order valence-electron chi connectivity index (χ4n) is 2.95. The fraction of sp³-hybridized carbons (Fsp3) is 0.533. The summed E-state index contributed by atoms with van der Waals surface area (Å²) in [6.45, 7) is 3.54. The lowest BCUT2D eigenvalue weighted by Crippen LogP contribution is -2.52. The van der Waals surface area contributed by atoms with Gasteiger partial charge in [-0.3, -0.25) is 4.79 Å². The number of carbonyl (C=O) groups excluding carboxylic acids is 1. The van der Waals surface area contributed by atoms with Crippen LogP contribution in [0.2, 0.25) is 0 Å². The zero-order chi connectivity index (χ0) is 14.8. The maximum atomic E-state index is 12.8. The van der Waals surface area contributed by atoms with Crippen LogP contribution in [0.15, 0.2) is 18.2 Å². The number of fused-ring (bicyclic) bond motifs is 1. The van der Waals surface area contributed by atoms with Crippen molar-refractivity contribution in [3.05, 3.63) is 29.3 Å². The number of hydrogen-bond acceptors (Lipinski definition) is 4. The van der Waals surface area contributed by atoms with E-state index in [1.807, 2.05) is 25.1 Å². The molecule has 0 aliphatic heterocycles. The van der Waals surface area contributed by atoms with Crippen molar-refractivity contribution in [1.29, 1.82) is 0 Å². The molecule has 1 aliphatic carbocycles. The van der Waals surface area contributed by atoms with Gasteiger partial charge in [-0.2, -0.15) is 0 Å². The Morgan fingerprint density at radius 1 is 1.50 bits per heavy atom. The molecule has 1 aromatic rings. The maximum absolute atomic E-state index is 12.8. The molecule has 1 amide bonds. The second-order valence-corrected chi connectivity index (χ2v) is 5.13. The van der Waals surface area contributed by atoms with Crippen LogP contribution >= 0.6 is 0 Å². The molecule has 5 nitrogen and oxygen atoms in total. The number of ether oxygens (including phenoxy) is 1. The van der Waals surface area contributed by atoms with E-state index in [9.17, 15) is 4.79 Å². The van der Waals surface area contributed by atoms with Crippen LogP contribution in [0.3, 0.4) is 0 Å². The molecule has 0 saturated carbocycles. The number of nitrogens with two attached hydrogens (primary N) is 2. The Morgan fingerprint density at radius 2 is 2.25 bits per heavy atom. The zero-order valence-electron chi connectivity index (χ0n) is 12.2. The largest absolute Gasteiger partial charge is 0.496 e. The number of amides is 1. The number of benzene rings is 1. The second-order valence-electron chi connectivity index (χ2n) is 5.13. The lowest BCUT2D eigenvalue weighted by molar-refractivity contribution is -0.137. The molecule has 0 heterocycles. The highest BCUT2D eigenvalue weighted by molar-refractivity contribution is 5.89. The molecular formula is C15H23N3O2. The van der Waals surface area contributed by atoms with Gasteiger partial charge in [-0.25, -0.2) is 0 Å². The smallest absolute Gasteiger partial charge is 0.247 e. The monoisotopic (exact) mass is 277 g/mol. The number of hydrogen-bond donors (Lipinski definition) is 2. The summed E-state index contributed by atoms with van der Waals surface area (Å²) in [4.78, 5) is 14.5. The topological polar surface area (TPSA) is 81.6 Å². The minimum Gasteiger partial charge on any atom is -0.496 e. The number of rotatable bonds is 5. The van der Waals surface area contributed by atoms with E-state index in [2.05, 4.69) is 0 Å². The molecular weight excluding hydrogens is 254 g/mol. The lowest BCUT2D eigenvalue weighted by Gasteiger charge is -2.31. The first kappa shape index (κ1) is 14.8. The Labute approximate surface area is 119 Å². The van der Waals surface area contributed by atoms with Crippen LogP contribution in [-0.2, 0) is 16.8 Å². The summed E-state index contributed by atoms with van der Waals surface area (Å²) in [5, 5.41) is 0. The van der Waals surface area contributed by atoms with E-state index in [0.29, 0.717) is 26.1 Å². The minimum absolute atomic E-state index is 0.0440. The van der Waals surface area contributed by atoms with Crippen molar-refractivity contribution in [2.24, 2.45) is 11.5 Å². The predicted octanol–water partition coefficient (Wildman–Crippen LogP) is 0.603. The second kappa shape index (κ2) is 5.81. The van der Waals surface area contributed by atoms with Crippen molar-refractivity contribution >= 4 is 5.91 Å². The van der Waals surface area contributed by atoms with Crippen molar-refractivity contribution in [2.75, 3.05) is 26.7 Å². The highest BCUT2D eigenvalue weighted by atomic mass is 16.5. The van der Waals surface area contributed by atoms with Gasteiger partial charge >= 0.3 is 0 Å². The van der Waals surface area contributed by atoms with E-state index >= 15 is 0 Å². The van der Waals surface area contributed by atoms with Gasteiger partial charge in [0.2, 0.25) is 5.91 Å². The summed E-state index contributed by atoms with van der Waals surface area (Å²) in [7, 11) is 1.64. The van der Waals surface area contributed by atoms with Crippen LogP contribution in [0.25, 0.3) is 0 Å². The van der Waals surface area contributed by atoms with Crippen molar-refractivity contribution in [3.8, 4) is 5.75 Å². The standard InChI is InChI=1S/C15H23N3O2/c1-3-18(10-9-16)14(19)15(17)8-7-11-12(15)5-4-6-13(11)20-2/h4-6H,3,7-10,16-17H2,1-2H3. The molecule has 110 valence electrons. The van der Waals surface area contributed by atoms with Crippen LogP contribution in [0.5, 0.6) is 5.75 Å². The summed E-state index contributed by atoms with van der Waals surface area (Å²) >= 11 is 0. The Bertz CT molecular complexity index is 504. The highest BCUT2D eigenvalue weighted by Crippen LogP contribution is 2.40. The number of methoxy groups -OCH3 is 1. The third-order valence-electron chi connectivity index (χ3n) is 4.05. The predicted molar refractivity (Wildman–Crippen MR) is 78.5 cm³/mol. The van der Waals surface area contributed by atoms with E-state index in [0.717, 1.165) is 23.3 Å². The van der Waals surface area contributed by atoms with Gasteiger partial charge in [0.15, 0.2) is 0 Å². The molecule has 0 fully saturated rings. The first-order chi connectivity index (χ1) is 9.58. The van der Waals surface area contributed by atoms with Crippen LogP contribution in [0, 0.1) is 0 Å². The summed E-state index contributed by atoms with van der Waals surface area (Å²) in [5.41, 5.74) is 13.0. The molecule has 0 spiro atoms. The average molecular weight is 277 g/mol. The molecule has 2 rings (SSSR count). The zero-order valence-corrected chi connectivity index (χ0v) is 12.2. The molecule has 20 heavy (non-hydrogen) atoms. The summed E-state index contributed by atoms with van der Waals surface area (Å²) in [6.07, 6.45) is 1.38. The first-order valence-corrected chi connectivity index (χ1v) is 7.03. The van der Waals surface area contributed by atoms with Crippen molar-refractivity contribution in [2.45, 2.75) is 25.3 Å². The Balaban J connectivity index is 2.37. The van der Waals surface area contributed by atoms with Gasteiger partial charge in [0.05, 0.1) is 7.11 Å². The van der Waals surface area contributed by atoms with Crippen molar-refractivity contribution in [1.82, 2.24) is 4.90 Å². The van der Waals surface area contributed by atoms with E-state index < -0.39 is 5.54 Å². The Morgan fingerprint density at radius 3 is 2.85 bits per heavy atom. The van der Waals surface area contributed by atoms with E-state index in [-0.39, 0.29) is 5.91 Å². The van der Waals surface area contributed by atoms with Gasteiger partial charge in [0, 0.05) is 19.6 Å². The van der Waals surface area contributed by atoms with Crippen LogP contribution < -0.4 is 16.2 Å². The molecule has 1 aliphatic rings. The quantitative estimate of drug-likeness (QED) is 0.826. The van der Waals surface area contributed by atoms with E-state index in [4.69, 9.17) is 16.2 Å². The summed E-state index contributed by atoms with van der Waals surface area (Å²) < 4.78 is 5.36. The van der Waals surface area contributed by atoms with Crippen LogP contribution in [0.4, 0.5) is 0 Å². The summed E-state index contributed by atoms with van der Waals surface area (Å²) in [6, 6.07) is 5.72. The number of carbonyl (C=O) groups is 1. The first-order valence-electron chi connectivity index (χ1n) is 7.03. The van der Waals surface area contributed by atoms with Crippen LogP contribution in [0.1, 0.15) is 24.5 Å². The van der Waals surface area contributed by atoms with Crippen molar-refractivity contribution < 1.29 is 9.53 Å². The Hall–Kier alpha value is -1.59. The van der Waals surface area contributed by atoms with Gasteiger partial charge < -0.3 is 21.1 Å². The molecule has 5 heteroatoms. The molecule has 1 atom stereocenters. The third-order valence-corrected chi connectivity index (χ3v) is 4.05. The molecule has 0 aromatic heterocycles. The minimum atomic E-state index is -0.949. The fourth-order valence-corrected chi connectivity index (χ4v) is 2.95. The van der Waals surface area contributed by atoms with E-state index in [1.54, 1.807) is 12.0 Å². The highest BCUT2D eigenvalue weighted by Gasteiger charge is 2.44. The van der Waals surface area contributed by atoms with Gasteiger partial charge in [-0.05, 0) is 37.0 Å². The SMILES string of the molecule is CCN(CCN)C(=O)C1(N)CCc2c(OC)cccc21. The van der Waals surface area contributed by atoms with Crippen molar-refractivity contribution in [3.63, 3.8) is 0 Å². The molecule has 0 saturated heterocycles. The molecule has 0 radical (unpaired) electrons. The number of likely N-dealkylation sites (N-methyl/N-ethyl adjacent to an activating group) is 1. The molecule has 4 N–H and O–H groups in total. The Kier molecular flexibility index (Phi) is 4.30. The average Bonchev–Trinajstić information content (AvgIpc) is 2.83.